The third-order valence-corrected chi connectivity index (χ3v) is 5.70. The van der Waals surface area contributed by atoms with E-state index in [1.807, 2.05) is 0 Å². The Labute approximate surface area is 260 Å². The van der Waals surface area contributed by atoms with Crippen LogP contribution in [-0.2, 0) is 28.6 Å². The van der Waals surface area contributed by atoms with Crippen LogP contribution in [0.25, 0.3) is 11.1 Å². The van der Waals surface area contributed by atoms with Crippen LogP contribution in [0.5, 0.6) is 23.0 Å². The molecule has 11 heteroatoms. The van der Waals surface area contributed by atoms with Crippen LogP contribution in [0.15, 0.2) is 103 Å². The predicted molar refractivity (Wildman–Crippen MR) is 162 cm³/mol. The molecule has 0 saturated carbocycles. The Morgan fingerprint density at radius 2 is 0.978 bits per heavy atom. The van der Waals surface area contributed by atoms with Crippen molar-refractivity contribution in [3.63, 3.8) is 0 Å². The third-order valence-electron chi connectivity index (χ3n) is 5.70. The highest BCUT2D eigenvalue weighted by Crippen LogP contribution is 2.34. The highest BCUT2D eigenvalue weighted by atomic mass is 16.7. The van der Waals surface area contributed by atoms with Crippen LogP contribution in [0.2, 0.25) is 0 Å². The summed E-state index contributed by atoms with van der Waals surface area (Å²) in [7, 11) is 0. The number of benzene rings is 3. The molecule has 3 aromatic carbocycles. The molecular weight excluding hydrogens is 584 g/mol. The fourth-order valence-corrected chi connectivity index (χ4v) is 3.30. The molecule has 0 aromatic heterocycles. The fourth-order valence-electron chi connectivity index (χ4n) is 3.30. The lowest BCUT2D eigenvalue weighted by Gasteiger charge is -2.15. The van der Waals surface area contributed by atoms with Crippen molar-refractivity contribution >= 4 is 23.9 Å². The van der Waals surface area contributed by atoms with E-state index >= 15 is 0 Å². The van der Waals surface area contributed by atoms with Crippen molar-refractivity contribution in [2.45, 2.75) is 20.8 Å². The monoisotopic (exact) mass is 616 g/mol. The first kappa shape index (κ1) is 33.7. The molecule has 0 unspecified atom stereocenters. The minimum Gasteiger partial charge on any atom is -0.457 e. The van der Waals surface area contributed by atoms with Crippen molar-refractivity contribution in [1.29, 1.82) is 0 Å². The second kappa shape index (κ2) is 16.1. The largest absolute Gasteiger partial charge is 0.457 e. The first-order chi connectivity index (χ1) is 21.4. The Hall–Kier alpha value is -5.84. The van der Waals surface area contributed by atoms with E-state index in [0.29, 0.717) is 17.1 Å². The summed E-state index contributed by atoms with van der Waals surface area (Å²) in [6, 6.07) is 17.8. The molecule has 3 aromatic rings. The van der Waals surface area contributed by atoms with Crippen LogP contribution in [-0.4, -0.2) is 44.3 Å². The van der Waals surface area contributed by atoms with Gasteiger partial charge >= 0.3 is 23.9 Å². The van der Waals surface area contributed by atoms with Crippen molar-refractivity contribution < 1.29 is 52.3 Å². The maximum Gasteiger partial charge on any atom is 0.343 e. The first-order valence-electron chi connectivity index (χ1n) is 13.4. The lowest BCUT2D eigenvalue weighted by Crippen LogP contribution is -2.13. The standard InChI is InChI=1S/C34H32O11/c1-21(2)31(35)42-18-39-27-12-9-25(10-13-27)34(38)45-28-14-7-24(8-15-28)26-11-16-29(40-19-43-32(36)22(3)4)30(17-26)41-20-44-33(37)23(5)6/h7-17H,1,3,5,18-20H2,2,4,6H3. The highest BCUT2D eigenvalue weighted by Gasteiger charge is 2.13. The van der Waals surface area contributed by atoms with Crippen LogP contribution in [0, 0.1) is 0 Å². The van der Waals surface area contributed by atoms with Gasteiger partial charge < -0.3 is 33.2 Å². The molecular formula is C34H32O11. The molecule has 11 nitrogen and oxygen atoms in total. The first-order valence-corrected chi connectivity index (χ1v) is 13.4. The molecule has 3 rings (SSSR count). The summed E-state index contributed by atoms with van der Waals surface area (Å²) >= 11 is 0. The number of hydrogen-bond acceptors (Lipinski definition) is 11. The van der Waals surface area contributed by atoms with Crippen molar-refractivity contribution in [2.24, 2.45) is 0 Å². The van der Waals surface area contributed by atoms with E-state index in [4.69, 9.17) is 33.2 Å². The minimum atomic E-state index is -0.625. The van der Waals surface area contributed by atoms with Crippen LogP contribution in [0.4, 0.5) is 0 Å². The lowest BCUT2D eigenvalue weighted by molar-refractivity contribution is -0.147. The Bertz CT molecular complexity index is 1590. The Morgan fingerprint density at radius 1 is 0.533 bits per heavy atom. The van der Waals surface area contributed by atoms with E-state index < -0.39 is 37.5 Å². The Morgan fingerprint density at radius 3 is 1.49 bits per heavy atom. The molecule has 0 amide bonds. The van der Waals surface area contributed by atoms with Crippen LogP contribution >= 0.6 is 0 Å². The summed E-state index contributed by atoms with van der Waals surface area (Å²) in [5.74, 6) is -1.25. The Balaban J connectivity index is 1.65. The number of ether oxygens (including phenoxy) is 7. The number of hydrogen-bond donors (Lipinski definition) is 0. The van der Waals surface area contributed by atoms with E-state index in [0.717, 1.165) is 5.56 Å². The van der Waals surface area contributed by atoms with Crippen molar-refractivity contribution in [1.82, 2.24) is 0 Å². The summed E-state index contributed by atoms with van der Waals surface area (Å²) in [6.07, 6.45) is 0. The molecule has 0 heterocycles. The topological polar surface area (TPSA) is 133 Å². The summed E-state index contributed by atoms with van der Waals surface area (Å²) in [5, 5.41) is 0. The van der Waals surface area contributed by atoms with Crippen LogP contribution < -0.4 is 18.9 Å². The zero-order valence-corrected chi connectivity index (χ0v) is 25.1. The van der Waals surface area contributed by atoms with Gasteiger partial charge in [0.2, 0.25) is 20.4 Å². The summed E-state index contributed by atoms with van der Waals surface area (Å²) in [4.78, 5) is 47.5. The quantitative estimate of drug-likeness (QED) is 0.0660. The second-order valence-corrected chi connectivity index (χ2v) is 9.52. The molecule has 0 saturated heterocycles. The molecule has 0 atom stereocenters. The number of carbonyl (C=O) groups excluding carboxylic acids is 4. The van der Waals surface area contributed by atoms with Gasteiger partial charge in [-0.05, 0) is 80.4 Å². The van der Waals surface area contributed by atoms with Crippen LogP contribution in [0.1, 0.15) is 31.1 Å². The maximum absolute atomic E-state index is 12.6. The van der Waals surface area contributed by atoms with Gasteiger partial charge in [0.15, 0.2) is 11.5 Å². The van der Waals surface area contributed by atoms with Gasteiger partial charge in [-0.25, -0.2) is 19.2 Å². The average molecular weight is 617 g/mol. The lowest BCUT2D eigenvalue weighted by atomic mass is 10.0. The van der Waals surface area contributed by atoms with E-state index in [1.165, 1.54) is 32.9 Å². The fraction of sp³-hybridized carbons (Fsp3) is 0.176. The molecule has 0 aliphatic rings. The third kappa shape index (κ3) is 10.4. The molecule has 0 N–H and O–H groups in total. The zero-order chi connectivity index (χ0) is 32.9. The molecule has 0 bridgehead atoms. The SMILES string of the molecule is C=C(C)C(=O)OCOc1ccc(C(=O)Oc2ccc(-c3ccc(OCOC(=O)C(=C)C)c(OCOC(=O)C(=C)C)c3)cc2)cc1. The minimum absolute atomic E-state index is 0.209. The van der Waals surface area contributed by atoms with Gasteiger partial charge in [0.25, 0.3) is 0 Å². The summed E-state index contributed by atoms with van der Waals surface area (Å²) < 4.78 is 36.9. The normalized spacial score (nSPS) is 10.1. The van der Waals surface area contributed by atoms with Crippen molar-refractivity contribution in [2.75, 3.05) is 20.4 Å². The molecule has 0 fully saturated rings. The van der Waals surface area contributed by atoms with E-state index in [9.17, 15) is 19.2 Å². The molecule has 0 aliphatic carbocycles. The zero-order valence-electron chi connectivity index (χ0n) is 25.1. The number of rotatable bonds is 15. The smallest absolute Gasteiger partial charge is 0.343 e. The molecule has 0 aliphatic heterocycles. The van der Waals surface area contributed by atoms with Gasteiger partial charge in [-0.15, -0.1) is 0 Å². The van der Waals surface area contributed by atoms with E-state index in [-0.39, 0.29) is 40.6 Å². The van der Waals surface area contributed by atoms with Gasteiger partial charge in [0.1, 0.15) is 11.5 Å². The van der Waals surface area contributed by atoms with Gasteiger partial charge in [0, 0.05) is 16.7 Å². The summed E-state index contributed by atoms with van der Waals surface area (Å²) in [5.41, 5.74) is 2.41. The van der Waals surface area contributed by atoms with Crippen LogP contribution in [0.3, 0.4) is 0 Å². The second-order valence-electron chi connectivity index (χ2n) is 9.52. The van der Waals surface area contributed by atoms with E-state index in [1.54, 1.807) is 54.6 Å². The Kier molecular flexibility index (Phi) is 12.1. The molecule has 0 radical (unpaired) electrons. The van der Waals surface area contributed by atoms with Gasteiger partial charge in [-0.3, -0.25) is 0 Å². The molecule has 45 heavy (non-hydrogen) atoms. The van der Waals surface area contributed by atoms with Crippen molar-refractivity contribution in [3.05, 3.63) is 109 Å². The average Bonchev–Trinajstić information content (AvgIpc) is 3.01. The molecule has 0 spiro atoms. The maximum atomic E-state index is 12.6. The predicted octanol–water partition coefficient (Wildman–Crippen LogP) is 5.94. The van der Waals surface area contributed by atoms with Crippen molar-refractivity contribution in [3.8, 4) is 34.1 Å². The number of esters is 4. The number of carbonyl (C=O) groups is 4. The van der Waals surface area contributed by atoms with E-state index in [2.05, 4.69) is 19.7 Å². The van der Waals surface area contributed by atoms with Gasteiger partial charge in [-0.2, -0.15) is 0 Å². The summed E-state index contributed by atoms with van der Waals surface area (Å²) in [6.45, 7) is 14.0. The van der Waals surface area contributed by atoms with Gasteiger partial charge in [-0.1, -0.05) is 37.9 Å². The highest BCUT2D eigenvalue weighted by molar-refractivity contribution is 5.91. The molecule has 234 valence electrons. The van der Waals surface area contributed by atoms with Gasteiger partial charge in [0.05, 0.1) is 5.56 Å².